The summed E-state index contributed by atoms with van der Waals surface area (Å²) < 4.78 is 34.6. The van der Waals surface area contributed by atoms with Crippen molar-refractivity contribution in [3.63, 3.8) is 0 Å². The van der Waals surface area contributed by atoms with E-state index in [0.29, 0.717) is 17.1 Å². The maximum absolute atomic E-state index is 13.0. The Morgan fingerprint density at radius 1 is 1.17 bits per heavy atom. The normalized spacial score (nSPS) is 12.1. The van der Waals surface area contributed by atoms with Crippen molar-refractivity contribution in [1.82, 2.24) is 19.0 Å². The molecule has 0 aliphatic heterocycles. The molecule has 29 heavy (non-hydrogen) atoms. The van der Waals surface area contributed by atoms with Gasteiger partial charge in [0.1, 0.15) is 0 Å². The number of hydrogen-bond donors (Lipinski definition) is 0. The summed E-state index contributed by atoms with van der Waals surface area (Å²) >= 11 is 1.03. The zero-order valence-electron chi connectivity index (χ0n) is 15.8. The van der Waals surface area contributed by atoms with Crippen LogP contribution in [0.25, 0.3) is 21.6 Å². The van der Waals surface area contributed by atoms with Crippen molar-refractivity contribution in [3.8, 4) is 11.4 Å². The Morgan fingerprint density at radius 3 is 2.66 bits per heavy atom. The van der Waals surface area contributed by atoms with Gasteiger partial charge in [-0.15, -0.1) is 0 Å². The fraction of sp³-hybridized carbons (Fsp3) is 0.211. The average Bonchev–Trinajstić information content (AvgIpc) is 3.31. The number of rotatable bonds is 6. The van der Waals surface area contributed by atoms with Gasteiger partial charge in [-0.05, 0) is 25.1 Å². The molecule has 10 heteroatoms. The summed E-state index contributed by atoms with van der Waals surface area (Å²) in [6.45, 7) is 2.35. The Hall–Kier alpha value is -2.82. The predicted octanol–water partition coefficient (Wildman–Crippen LogP) is 2.95. The summed E-state index contributed by atoms with van der Waals surface area (Å²) in [5, 5.41) is 3.91. The van der Waals surface area contributed by atoms with Gasteiger partial charge in [-0.1, -0.05) is 46.8 Å². The molecule has 0 bridgehead atoms. The third-order valence-corrected chi connectivity index (χ3v) is 7.26. The number of aryl methyl sites for hydroxylation is 1. The molecule has 2 aromatic heterocycles. The molecule has 0 fully saturated rings. The molecular weight excluding hydrogens is 412 g/mol. The number of sulfonamides is 1. The van der Waals surface area contributed by atoms with Crippen LogP contribution in [0.4, 0.5) is 0 Å². The molecule has 0 atom stereocenters. The van der Waals surface area contributed by atoms with Gasteiger partial charge in [0, 0.05) is 19.2 Å². The fourth-order valence-corrected chi connectivity index (χ4v) is 5.20. The molecule has 2 heterocycles. The van der Waals surface area contributed by atoms with E-state index in [1.165, 1.54) is 19.2 Å². The first-order valence-corrected chi connectivity index (χ1v) is 11.1. The minimum absolute atomic E-state index is 0.0631. The van der Waals surface area contributed by atoms with Crippen molar-refractivity contribution < 1.29 is 12.9 Å². The van der Waals surface area contributed by atoms with Crippen molar-refractivity contribution in [2.24, 2.45) is 0 Å². The lowest BCUT2D eigenvalue weighted by Crippen LogP contribution is -2.26. The molecule has 4 rings (SSSR count). The van der Waals surface area contributed by atoms with Gasteiger partial charge in [0.2, 0.25) is 21.7 Å². The quantitative estimate of drug-likeness (QED) is 0.466. The zero-order chi connectivity index (χ0) is 20.6. The summed E-state index contributed by atoms with van der Waals surface area (Å²) in [6, 6.07) is 14.0. The molecule has 0 aliphatic rings. The van der Waals surface area contributed by atoms with Crippen molar-refractivity contribution in [2.75, 3.05) is 7.05 Å². The van der Waals surface area contributed by atoms with Crippen molar-refractivity contribution >= 4 is 31.6 Å². The lowest BCUT2D eigenvalue weighted by Gasteiger charge is -2.15. The third-order valence-electron chi connectivity index (χ3n) is 4.52. The first kappa shape index (κ1) is 19.5. The van der Waals surface area contributed by atoms with Gasteiger partial charge in [-0.2, -0.15) is 9.29 Å². The van der Waals surface area contributed by atoms with Crippen LogP contribution in [0.2, 0.25) is 0 Å². The highest BCUT2D eigenvalue weighted by molar-refractivity contribution is 7.89. The van der Waals surface area contributed by atoms with Gasteiger partial charge in [0.15, 0.2) is 0 Å². The second kappa shape index (κ2) is 7.54. The summed E-state index contributed by atoms with van der Waals surface area (Å²) in [6.07, 6.45) is 0. The number of fused-ring (bicyclic) bond motifs is 1. The Labute approximate surface area is 171 Å². The van der Waals surface area contributed by atoms with Gasteiger partial charge in [-0.3, -0.25) is 9.36 Å². The van der Waals surface area contributed by atoms with Crippen LogP contribution in [0.5, 0.6) is 0 Å². The van der Waals surface area contributed by atoms with Crippen LogP contribution in [0.15, 0.2) is 62.7 Å². The van der Waals surface area contributed by atoms with E-state index in [1.807, 2.05) is 37.3 Å². The van der Waals surface area contributed by atoms with Gasteiger partial charge in [0.05, 0.1) is 21.7 Å². The van der Waals surface area contributed by atoms with Crippen LogP contribution in [-0.4, -0.2) is 34.5 Å². The van der Waals surface area contributed by atoms with Crippen LogP contribution >= 0.6 is 11.3 Å². The molecule has 4 aromatic rings. The lowest BCUT2D eigenvalue weighted by molar-refractivity contribution is 0.337. The molecule has 0 saturated carbocycles. The number of benzene rings is 2. The summed E-state index contributed by atoms with van der Waals surface area (Å²) in [7, 11) is -2.34. The van der Waals surface area contributed by atoms with E-state index < -0.39 is 10.0 Å². The van der Waals surface area contributed by atoms with Gasteiger partial charge >= 0.3 is 4.87 Å². The smallest absolute Gasteiger partial charge is 0.308 e. The number of nitrogens with zero attached hydrogens (tertiary/aromatic N) is 4. The largest absolute Gasteiger partial charge is 0.338 e. The predicted molar refractivity (Wildman–Crippen MR) is 110 cm³/mol. The van der Waals surface area contributed by atoms with Crippen molar-refractivity contribution in [1.29, 1.82) is 0 Å². The molecule has 0 radical (unpaired) electrons. The SMILES string of the molecule is CCn1c(=O)sc2cc(S(=O)(=O)N(C)Cc3nc(-c4ccccc4)no3)ccc21. The van der Waals surface area contributed by atoms with Gasteiger partial charge in [0.25, 0.3) is 0 Å². The minimum atomic E-state index is -3.79. The first-order valence-electron chi connectivity index (χ1n) is 8.88. The van der Waals surface area contributed by atoms with Gasteiger partial charge < -0.3 is 4.52 Å². The Kier molecular flexibility index (Phi) is 5.07. The molecule has 0 spiro atoms. The standard InChI is InChI=1S/C19H18N4O4S2/c1-3-23-15-10-9-14(11-16(15)28-19(23)24)29(25,26)22(2)12-17-20-18(21-27-17)13-7-5-4-6-8-13/h4-11H,3,12H2,1-2H3. The molecule has 0 saturated heterocycles. The van der Waals surface area contributed by atoms with E-state index in [9.17, 15) is 13.2 Å². The van der Waals surface area contributed by atoms with E-state index >= 15 is 0 Å². The molecular formula is C19H18N4O4S2. The molecule has 0 aliphatic carbocycles. The van der Waals surface area contributed by atoms with E-state index in [4.69, 9.17) is 4.52 Å². The lowest BCUT2D eigenvalue weighted by atomic mass is 10.2. The highest BCUT2D eigenvalue weighted by atomic mass is 32.2. The maximum Gasteiger partial charge on any atom is 0.308 e. The summed E-state index contributed by atoms with van der Waals surface area (Å²) in [5.41, 5.74) is 1.52. The molecule has 0 amide bonds. The Morgan fingerprint density at radius 2 is 1.93 bits per heavy atom. The van der Waals surface area contributed by atoms with E-state index in [2.05, 4.69) is 10.1 Å². The average molecular weight is 431 g/mol. The molecule has 150 valence electrons. The van der Waals surface area contributed by atoms with Crippen molar-refractivity contribution in [2.45, 2.75) is 24.9 Å². The first-order chi connectivity index (χ1) is 13.9. The second-order valence-corrected chi connectivity index (χ2v) is 9.42. The highest BCUT2D eigenvalue weighted by Gasteiger charge is 2.24. The van der Waals surface area contributed by atoms with Crippen LogP contribution in [0.3, 0.4) is 0 Å². The Balaban J connectivity index is 1.60. The summed E-state index contributed by atoms with van der Waals surface area (Å²) in [4.78, 5) is 16.3. The number of aromatic nitrogens is 3. The maximum atomic E-state index is 13.0. The number of hydrogen-bond acceptors (Lipinski definition) is 7. The van der Waals surface area contributed by atoms with E-state index in [1.54, 1.807) is 10.6 Å². The topological polar surface area (TPSA) is 98.3 Å². The van der Waals surface area contributed by atoms with E-state index in [0.717, 1.165) is 26.7 Å². The summed E-state index contributed by atoms with van der Waals surface area (Å²) in [5.74, 6) is 0.594. The van der Waals surface area contributed by atoms with Crippen LogP contribution in [0.1, 0.15) is 12.8 Å². The number of thiazole rings is 1. The monoisotopic (exact) mass is 430 g/mol. The Bertz CT molecular complexity index is 1320. The van der Waals surface area contributed by atoms with Crippen LogP contribution in [-0.2, 0) is 23.1 Å². The molecule has 8 nitrogen and oxygen atoms in total. The fourth-order valence-electron chi connectivity index (χ4n) is 2.99. The zero-order valence-corrected chi connectivity index (χ0v) is 17.4. The van der Waals surface area contributed by atoms with Gasteiger partial charge in [-0.25, -0.2) is 8.42 Å². The molecule has 2 aromatic carbocycles. The van der Waals surface area contributed by atoms with Crippen LogP contribution in [0, 0.1) is 0 Å². The third kappa shape index (κ3) is 3.61. The van der Waals surface area contributed by atoms with Crippen molar-refractivity contribution in [3.05, 3.63) is 64.1 Å². The molecule has 0 unspecified atom stereocenters. The highest BCUT2D eigenvalue weighted by Crippen LogP contribution is 2.24. The minimum Gasteiger partial charge on any atom is -0.338 e. The molecule has 0 N–H and O–H groups in total. The van der Waals surface area contributed by atoms with Crippen LogP contribution < -0.4 is 4.87 Å². The van der Waals surface area contributed by atoms with E-state index in [-0.39, 0.29) is 22.2 Å². The second-order valence-electron chi connectivity index (χ2n) is 6.38.